The molecular formula is C21H22N4O3. The first-order valence-corrected chi connectivity index (χ1v) is 9.01. The first-order chi connectivity index (χ1) is 13.6. The van der Waals surface area contributed by atoms with E-state index in [1.807, 2.05) is 31.3 Å². The molecule has 0 fully saturated rings. The van der Waals surface area contributed by atoms with E-state index in [2.05, 4.69) is 25.9 Å². The Kier molecular flexibility index (Phi) is 4.75. The number of nitrogens with one attached hydrogen (secondary N) is 2. The SMILES string of the molecule is COCCNC(=O)c1ccnc2[nH]c(-c3cc4cc(OC)ccc4n3C)cc12. The van der Waals surface area contributed by atoms with Crippen molar-refractivity contribution in [3.05, 3.63) is 48.2 Å². The summed E-state index contributed by atoms with van der Waals surface area (Å²) < 4.78 is 12.4. The first kappa shape index (κ1) is 18.1. The van der Waals surface area contributed by atoms with Gasteiger partial charge in [0.1, 0.15) is 11.4 Å². The fraction of sp³-hybridized carbons (Fsp3) is 0.238. The quantitative estimate of drug-likeness (QED) is 0.505. The Bertz CT molecular complexity index is 1160. The van der Waals surface area contributed by atoms with Crippen LogP contribution in [0.5, 0.6) is 5.75 Å². The van der Waals surface area contributed by atoms with E-state index in [1.165, 1.54) is 0 Å². The van der Waals surface area contributed by atoms with Gasteiger partial charge < -0.3 is 24.3 Å². The topological polar surface area (TPSA) is 81.2 Å². The number of methoxy groups -OCH3 is 2. The first-order valence-electron chi connectivity index (χ1n) is 9.01. The van der Waals surface area contributed by atoms with E-state index in [0.29, 0.717) is 24.4 Å². The van der Waals surface area contributed by atoms with Crippen LogP contribution in [0.3, 0.4) is 0 Å². The van der Waals surface area contributed by atoms with Crippen LogP contribution in [-0.2, 0) is 11.8 Å². The molecule has 144 valence electrons. The highest BCUT2D eigenvalue weighted by atomic mass is 16.5. The molecule has 1 aromatic carbocycles. The Balaban J connectivity index is 1.76. The Morgan fingerprint density at radius 2 is 2.07 bits per heavy atom. The Labute approximate surface area is 162 Å². The molecule has 1 amide bonds. The molecule has 4 aromatic rings. The number of carbonyl (C=O) groups is 1. The van der Waals surface area contributed by atoms with Gasteiger partial charge in [0.25, 0.3) is 5.91 Å². The van der Waals surface area contributed by atoms with Crippen LogP contribution < -0.4 is 10.1 Å². The zero-order valence-corrected chi connectivity index (χ0v) is 16.1. The number of nitrogens with zero attached hydrogens (tertiary/aromatic N) is 2. The van der Waals surface area contributed by atoms with Gasteiger partial charge in [-0.05, 0) is 36.4 Å². The number of hydrogen-bond donors (Lipinski definition) is 2. The second-order valence-corrected chi connectivity index (χ2v) is 6.57. The van der Waals surface area contributed by atoms with E-state index in [1.54, 1.807) is 26.5 Å². The number of aromatic amines is 1. The average molecular weight is 378 g/mol. The molecule has 0 radical (unpaired) electrons. The predicted molar refractivity (Wildman–Crippen MR) is 109 cm³/mol. The summed E-state index contributed by atoms with van der Waals surface area (Å²) in [6, 6.07) is 11.8. The number of amides is 1. The molecule has 0 bridgehead atoms. The summed E-state index contributed by atoms with van der Waals surface area (Å²) in [5, 5.41) is 4.73. The van der Waals surface area contributed by atoms with Crippen molar-refractivity contribution < 1.29 is 14.3 Å². The average Bonchev–Trinajstić information content (AvgIpc) is 3.28. The minimum atomic E-state index is -0.142. The molecule has 0 aliphatic heterocycles. The van der Waals surface area contributed by atoms with Gasteiger partial charge in [-0.2, -0.15) is 0 Å². The summed E-state index contributed by atoms with van der Waals surface area (Å²) in [7, 11) is 5.28. The van der Waals surface area contributed by atoms with Crippen molar-refractivity contribution in [1.82, 2.24) is 19.9 Å². The van der Waals surface area contributed by atoms with Gasteiger partial charge in [0.05, 0.1) is 30.7 Å². The number of aryl methyl sites for hydroxylation is 1. The maximum absolute atomic E-state index is 12.5. The van der Waals surface area contributed by atoms with Gasteiger partial charge in [-0.1, -0.05) is 0 Å². The minimum absolute atomic E-state index is 0.142. The molecule has 0 atom stereocenters. The van der Waals surface area contributed by atoms with Gasteiger partial charge in [0, 0.05) is 43.2 Å². The van der Waals surface area contributed by atoms with E-state index in [-0.39, 0.29) is 5.91 Å². The highest BCUT2D eigenvalue weighted by molar-refractivity contribution is 6.06. The normalized spacial score (nSPS) is 11.2. The third-order valence-corrected chi connectivity index (χ3v) is 4.89. The molecule has 0 saturated carbocycles. The number of aromatic nitrogens is 3. The number of pyridine rings is 1. The van der Waals surface area contributed by atoms with E-state index in [4.69, 9.17) is 9.47 Å². The number of benzene rings is 1. The standard InChI is InChI=1S/C21H22N4O3/c1-25-18-5-4-14(28-3)10-13(18)11-19(25)17-12-16-15(6-7-22-20(16)24-17)21(26)23-8-9-27-2/h4-7,10-12H,8-9H2,1-3H3,(H,22,24)(H,23,26). The lowest BCUT2D eigenvalue weighted by Gasteiger charge is -2.05. The zero-order valence-electron chi connectivity index (χ0n) is 16.1. The van der Waals surface area contributed by atoms with Crippen LogP contribution in [0.25, 0.3) is 33.3 Å². The Hall–Kier alpha value is -3.32. The number of H-pyrrole nitrogens is 1. The maximum atomic E-state index is 12.5. The van der Waals surface area contributed by atoms with Gasteiger partial charge in [0.2, 0.25) is 0 Å². The maximum Gasteiger partial charge on any atom is 0.252 e. The van der Waals surface area contributed by atoms with Crippen molar-refractivity contribution in [2.75, 3.05) is 27.4 Å². The third-order valence-electron chi connectivity index (χ3n) is 4.89. The number of carbonyl (C=O) groups excluding carboxylic acids is 1. The molecule has 0 aliphatic rings. The van der Waals surface area contributed by atoms with E-state index in [9.17, 15) is 4.79 Å². The molecule has 7 nitrogen and oxygen atoms in total. The fourth-order valence-corrected chi connectivity index (χ4v) is 3.44. The largest absolute Gasteiger partial charge is 0.497 e. The zero-order chi connectivity index (χ0) is 19.7. The number of fused-ring (bicyclic) bond motifs is 2. The van der Waals surface area contributed by atoms with Crippen LogP contribution >= 0.6 is 0 Å². The molecule has 28 heavy (non-hydrogen) atoms. The molecule has 2 N–H and O–H groups in total. The molecule has 0 spiro atoms. The van der Waals surface area contributed by atoms with Crippen molar-refractivity contribution in [2.45, 2.75) is 0 Å². The van der Waals surface area contributed by atoms with Crippen LogP contribution in [0.1, 0.15) is 10.4 Å². The lowest BCUT2D eigenvalue weighted by molar-refractivity contribution is 0.0938. The second kappa shape index (κ2) is 7.36. The molecule has 3 aromatic heterocycles. The monoisotopic (exact) mass is 378 g/mol. The number of ether oxygens (including phenoxy) is 2. The highest BCUT2D eigenvalue weighted by Gasteiger charge is 2.16. The van der Waals surface area contributed by atoms with Crippen molar-refractivity contribution in [3.8, 4) is 17.1 Å². The van der Waals surface area contributed by atoms with Crippen LogP contribution in [0, 0.1) is 0 Å². The summed E-state index contributed by atoms with van der Waals surface area (Å²) in [6.07, 6.45) is 1.64. The van der Waals surface area contributed by atoms with E-state index >= 15 is 0 Å². The molecule has 0 unspecified atom stereocenters. The van der Waals surface area contributed by atoms with Gasteiger partial charge in [-0.3, -0.25) is 4.79 Å². The summed E-state index contributed by atoms with van der Waals surface area (Å²) in [5.41, 5.74) is 4.27. The minimum Gasteiger partial charge on any atom is -0.497 e. The van der Waals surface area contributed by atoms with Crippen molar-refractivity contribution in [1.29, 1.82) is 0 Å². The van der Waals surface area contributed by atoms with Gasteiger partial charge >= 0.3 is 0 Å². The number of hydrogen-bond acceptors (Lipinski definition) is 4. The van der Waals surface area contributed by atoms with Gasteiger partial charge in [-0.15, -0.1) is 0 Å². The Morgan fingerprint density at radius 3 is 2.86 bits per heavy atom. The number of rotatable bonds is 6. The van der Waals surface area contributed by atoms with Gasteiger partial charge in [0.15, 0.2) is 0 Å². The molecule has 3 heterocycles. The fourth-order valence-electron chi connectivity index (χ4n) is 3.44. The summed E-state index contributed by atoms with van der Waals surface area (Å²) in [4.78, 5) is 20.3. The van der Waals surface area contributed by atoms with Crippen molar-refractivity contribution >= 4 is 27.8 Å². The predicted octanol–water partition coefficient (Wildman–Crippen LogP) is 3.11. The Morgan fingerprint density at radius 1 is 1.21 bits per heavy atom. The van der Waals surface area contributed by atoms with Crippen LogP contribution in [0.2, 0.25) is 0 Å². The molecule has 7 heteroatoms. The van der Waals surface area contributed by atoms with Crippen LogP contribution in [-0.4, -0.2) is 47.8 Å². The molecule has 0 saturated heterocycles. The van der Waals surface area contributed by atoms with Crippen LogP contribution in [0.4, 0.5) is 0 Å². The summed E-state index contributed by atoms with van der Waals surface area (Å²) >= 11 is 0. The summed E-state index contributed by atoms with van der Waals surface area (Å²) in [6.45, 7) is 0.930. The second-order valence-electron chi connectivity index (χ2n) is 6.57. The van der Waals surface area contributed by atoms with Crippen LogP contribution in [0.15, 0.2) is 42.6 Å². The van der Waals surface area contributed by atoms with Crippen molar-refractivity contribution in [2.24, 2.45) is 7.05 Å². The lowest BCUT2D eigenvalue weighted by atomic mass is 10.1. The lowest BCUT2D eigenvalue weighted by Crippen LogP contribution is -2.27. The van der Waals surface area contributed by atoms with Gasteiger partial charge in [-0.25, -0.2) is 4.98 Å². The highest BCUT2D eigenvalue weighted by Crippen LogP contribution is 2.31. The third kappa shape index (κ3) is 3.10. The van der Waals surface area contributed by atoms with E-state index in [0.717, 1.165) is 33.4 Å². The van der Waals surface area contributed by atoms with E-state index < -0.39 is 0 Å². The molecule has 4 rings (SSSR count). The molecule has 0 aliphatic carbocycles. The smallest absolute Gasteiger partial charge is 0.252 e. The molecular weight excluding hydrogens is 356 g/mol. The van der Waals surface area contributed by atoms with Crippen molar-refractivity contribution in [3.63, 3.8) is 0 Å². The summed E-state index contributed by atoms with van der Waals surface area (Å²) in [5.74, 6) is 0.676.